The number of ether oxygens (including phenoxy) is 1. The average Bonchev–Trinajstić information content (AvgIpc) is 3.28. The van der Waals surface area contributed by atoms with Gasteiger partial charge in [0.05, 0.1) is 18.2 Å². The van der Waals surface area contributed by atoms with Crippen LogP contribution < -0.4 is 10.5 Å². The van der Waals surface area contributed by atoms with Gasteiger partial charge in [-0.15, -0.1) is 5.10 Å². The lowest BCUT2D eigenvalue weighted by molar-refractivity contribution is -0.152. The molecule has 178 valence electrons. The van der Waals surface area contributed by atoms with Gasteiger partial charge in [0, 0.05) is 37.7 Å². The first-order valence-corrected chi connectivity index (χ1v) is 13.0. The van der Waals surface area contributed by atoms with E-state index < -0.39 is 0 Å². The highest BCUT2D eigenvalue weighted by Crippen LogP contribution is 2.30. The molecule has 2 fully saturated rings. The van der Waals surface area contributed by atoms with Crippen molar-refractivity contribution in [3.63, 3.8) is 0 Å². The van der Waals surface area contributed by atoms with Crippen molar-refractivity contribution in [3.8, 4) is 0 Å². The summed E-state index contributed by atoms with van der Waals surface area (Å²) in [6.07, 6.45) is 6.89. The van der Waals surface area contributed by atoms with Gasteiger partial charge in [-0.1, -0.05) is 11.3 Å². The van der Waals surface area contributed by atoms with Crippen molar-refractivity contribution >= 4 is 33.3 Å². The van der Waals surface area contributed by atoms with Gasteiger partial charge < -0.3 is 14.5 Å². The van der Waals surface area contributed by atoms with Gasteiger partial charge >= 0.3 is 5.97 Å². The summed E-state index contributed by atoms with van der Waals surface area (Å²) in [5.41, 5.74) is 1.74. The van der Waals surface area contributed by atoms with Crippen molar-refractivity contribution < 1.29 is 14.3 Å². The van der Waals surface area contributed by atoms with Gasteiger partial charge in [-0.3, -0.25) is 14.4 Å². The van der Waals surface area contributed by atoms with E-state index in [2.05, 4.69) is 10.00 Å². The third-order valence-corrected chi connectivity index (χ3v) is 8.11. The number of hydrogen-bond donors (Lipinski definition) is 0. The average molecular weight is 474 g/mol. The predicted molar refractivity (Wildman–Crippen MR) is 125 cm³/mol. The number of amides is 1. The summed E-state index contributed by atoms with van der Waals surface area (Å²) in [4.78, 5) is 47.5. The summed E-state index contributed by atoms with van der Waals surface area (Å²) in [7, 11) is 0. The van der Waals surface area contributed by atoms with E-state index in [1.165, 1.54) is 15.9 Å². The molecule has 5 rings (SSSR count). The Labute approximate surface area is 196 Å². The molecule has 0 spiro atoms. The Kier molecular flexibility index (Phi) is 6.36. The number of fused-ring (bicyclic) bond motifs is 2. The molecule has 9 nitrogen and oxygen atoms in total. The monoisotopic (exact) mass is 473 g/mol. The van der Waals surface area contributed by atoms with Crippen molar-refractivity contribution in [2.75, 3.05) is 37.7 Å². The molecule has 0 N–H and O–H groups in total. The maximum atomic E-state index is 13.1. The molecule has 2 aromatic heterocycles. The van der Waals surface area contributed by atoms with Crippen LogP contribution in [-0.4, -0.2) is 64.2 Å². The van der Waals surface area contributed by atoms with Crippen LogP contribution >= 0.6 is 11.3 Å². The number of rotatable bonds is 4. The van der Waals surface area contributed by atoms with Crippen LogP contribution in [-0.2, 0) is 27.2 Å². The molecule has 0 bridgehead atoms. The van der Waals surface area contributed by atoms with Gasteiger partial charge in [0.1, 0.15) is 0 Å². The van der Waals surface area contributed by atoms with E-state index in [4.69, 9.17) is 9.72 Å². The number of nitrogens with zero attached hydrogens (tertiary/aromatic N) is 5. The molecular formula is C23H31N5O4S. The second kappa shape index (κ2) is 9.40. The number of aromatic nitrogens is 3. The topological polar surface area (TPSA) is 97.1 Å². The first kappa shape index (κ1) is 22.3. The minimum absolute atomic E-state index is 0.0245. The summed E-state index contributed by atoms with van der Waals surface area (Å²) < 4.78 is 6.63. The number of anilines is 1. The molecule has 33 heavy (non-hydrogen) atoms. The van der Waals surface area contributed by atoms with Crippen LogP contribution in [0.25, 0.3) is 4.96 Å². The number of aryl methyl sites for hydroxylation is 1. The van der Waals surface area contributed by atoms with Crippen molar-refractivity contribution in [1.29, 1.82) is 0 Å². The highest BCUT2D eigenvalue weighted by molar-refractivity contribution is 7.20. The Bertz CT molecular complexity index is 1100. The van der Waals surface area contributed by atoms with Crippen molar-refractivity contribution in [3.05, 3.63) is 21.6 Å². The molecule has 0 unspecified atom stereocenters. The highest BCUT2D eigenvalue weighted by Gasteiger charge is 2.34. The van der Waals surface area contributed by atoms with E-state index in [1.54, 1.807) is 0 Å². The first-order valence-electron chi connectivity index (χ1n) is 12.2. The SMILES string of the molecule is CCOC(=O)[C@@H]1CCCN(C(=O)C2CCN(c3nn4c(=O)c5c(nc4s3)CCCC5)CC2)C1. The predicted octanol–water partition coefficient (Wildman–Crippen LogP) is 2.05. The van der Waals surface area contributed by atoms with Crippen LogP contribution in [0.5, 0.6) is 0 Å². The number of piperidine rings is 2. The van der Waals surface area contributed by atoms with Gasteiger partial charge in [-0.25, -0.2) is 4.98 Å². The largest absolute Gasteiger partial charge is 0.466 e. The Morgan fingerprint density at radius 1 is 1.06 bits per heavy atom. The summed E-state index contributed by atoms with van der Waals surface area (Å²) >= 11 is 1.46. The molecule has 0 saturated carbocycles. The Hall–Kier alpha value is -2.49. The summed E-state index contributed by atoms with van der Waals surface area (Å²) in [6.45, 7) is 4.81. The molecule has 0 aromatic carbocycles. The number of carbonyl (C=O) groups excluding carboxylic acids is 2. The number of esters is 1. The Balaban J connectivity index is 1.23. The maximum Gasteiger partial charge on any atom is 0.310 e. The first-order chi connectivity index (χ1) is 16.0. The lowest BCUT2D eigenvalue weighted by Gasteiger charge is -2.37. The molecule has 10 heteroatoms. The second-order valence-electron chi connectivity index (χ2n) is 9.27. The van der Waals surface area contributed by atoms with E-state index >= 15 is 0 Å². The third kappa shape index (κ3) is 4.37. The lowest BCUT2D eigenvalue weighted by Crippen LogP contribution is -2.47. The standard InChI is InChI=1S/C23H31N5O4S/c1-2-32-21(31)16-6-5-11-27(14-16)19(29)15-9-12-26(13-10-15)23-25-28-20(30)17-7-3-4-8-18(17)24-22(28)33-23/h15-16H,2-14H2,1H3/t16-/m1/s1. The van der Waals surface area contributed by atoms with Gasteiger partial charge in [-0.2, -0.15) is 4.52 Å². The van der Waals surface area contributed by atoms with Gasteiger partial charge in [0.2, 0.25) is 16.0 Å². The van der Waals surface area contributed by atoms with Crippen LogP contribution in [0, 0.1) is 11.8 Å². The van der Waals surface area contributed by atoms with Crippen LogP contribution in [0.2, 0.25) is 0 Å². The van der Waals surface area contributed by atoms with E-state index in [0.717, 1.165) is 80.8 Å². The molecule has 0 radical (unpaired) electrons. The zero-order valence-electron chi connectivity index (χ0n) is 19.1. The van der Waals surface area contributed by atoms with E-state index in [1.807, 2.05) is 11.8 Å². The zero-order chi connectivity index (χ0) is 22.9. The fourth-order valence-electron chi connectivity index (χ4n) is 5.30. The molecule has 4 heterocycles. The Morgan fingerprint density at radius 3 is 2.64 bits per heavy atom. The summed E-state index contributed by atoms with van der Waals surface area (Å²) in [5.74, 6) is -0.281. The smallest absolute Gasteiger partial charge is 0.310 e. The van der Waals surface area contributed by atoms with Crippen molar-refractivity contribution in [2.45, 2.75) is 58.3 Å². The molecule has 2 aromatic rings. The summed E-state index contributed by atoms with van der Waals surface area (Å²) in [5, 5.41) is 5.39. The minimum Gasteiger partial charge on any atom is -0.466 e. The van der Waals surface area contributed by atoms with Crippen LogP contribution in [0.1, 0.15) is 56.7 Å². The van der Waals surface area contributed by atoms with Crippen LogP contribution in [0.15, 0.2) is 4.79 Å². The van der Waals surface area contributed by atoms with Crippen molar-refractivity contribution in [1.82, 2.24) is 19.5 Å². The van der Waals surface area contributed by atoms with Gasteiger partial charge in [-0.05, 0) is 58.3 Å². The molecule has 2 aliphatic heterocycles. The molecule has 2 saturated heterocycles. The quantitative estimate of drug-likeness (QED) is 0.627. The summed E-state index contributed by atoms with van der Waals surface area (Å²) in [6, 6.07) is 0. The second-order valence-corrected chi connectivity index (χ2v) is 10.2. The fourth-order valence-corrected chi connectivity index (χ4v) is 6.26. The van der Waals surface area contributed by atoms with Gasteiger partial charge in [0.25, 0.3) is 5.56 Å². The molecule has 1 aliphatic carbocycles. The van der Waals surface area contributed by atoms with Crippen molar-refractivity contribution in [2.24, 2.45) is 11.8 Å². The van der Waals surface area contributed by atoms with E-state index in [-0.39, 0.29) is 29.3 Å². The number of likely N-dealkylation sites (tertiary alicyclic amines) is 1. The molecule has 1 amide bonds. The lowest BCUT2D eigenvalue weighted by atomic mass is 9.92. The normalized spacial score (nSPS) is 21.8. The van der Waals surface area contributed by atoms with Crippen LogP contribution in [0.3, 0.4) is 0 Å². The van der Waals surface area contributed by atoms with Crippen LogP contribution in [0.4, 0.5) is 5.13 Å². The maximum absolute atomic E-state index is 13.1. The molecular weight excluding hydrogens is 442 g/mol. The third-order valence-electron chi connectivity index (χ3n) is 7.14. The van der Waals surface area contributed by atoms with E-state index in [0.29, 0.717) is 24.7 Å². The van der Waals surface area contributed by atoms with E-state index in [9.17, 15) is 14.4 Å². The van der Waals surface area contributed by atoms with Gasteiger partial charge in [0.15, 0.2) is 0 Å². The molecule has 1 atom stereocenters. The number of hydrogen-bond acceptors (Lipinski definition) is 8. The zero-order valence-corrected chi connectivity index (χ0v) is 19.9. The molecule has 3 aliphatic rings. The fraction of sp³-hybridized carbons (Fsp3) is 0.696. The Morgan fingerprint density at radius 2 is 1.85 bits per heavy atom. The highest BCUT2D eigenvalue weighted by atomic mass is 32.1. The minimum atomic E-state index is -0.206. The number of carbonyl (C=O) groups is 2.